The van der Waals surface area contributed by atoms with Crippen LogP contribution in [-0.2, 0) is 28.6 Å². The first-order valence-corrected chi connectivity index (χ1v) is 26.3. The maximum atomic E-state index is 12.8. The lowest BCUT2D eigenvalue weighted by Crippen LogP contribution is -2.30. The molecule has 364 valence electrons. The van der Waals surface area contributed by atoms with Crippen LogP contribution in [0.3, 0.4) is 0 Å². The SMILES string of the molecule is CC\C=C/C=C\C=C/CCCCCCCC(=O)OCC(COC(=O)CCC/C=C\C/C=C\C/C=C\C/C=C\C/C=C\CC)OC(=O)CCCCCCCCCCCCCCCCCC. The van der Waals surface area contributed by atoms with Crippen LogP contribution in [-0.4, -0.2) is 37.2 Å². The largest absolute Gasteiger partial charge is 0.462 e. The predicted molar refractivity (Wildman–Crippen MR) is 274 cm³/mol. The Morgan fingerprint density at radius 2 is 0.703 bits per heavy atom. The van der Waals surface area contributed by atoms with Gasteiger partial charge in [-0.2, -0.15) is 0 Å². The second-order valence-corrected chi connectivity index (χ2v) is 17.1. The molecule has 0 saturated heterocycles. The minimum absolute atomic E-state index is 0.105. The Kier molecular flexibility index (Phi) is 49.0. The zero-order valence-electron chi connectivity index (χ0n) is 41.5. The van der Waals surface area contributed by atoms with E-state index in [2.05, 4.69) is 118 Å². The van der Waals surface area contributed by atoms with Crippen molar-refractivity contribution in [1.29, 1.82) is 0 Å². The van der Waals surface area contributed by atoms with Crippen LogP contribution in [0.1, 0.15) is 233 Å². The van der Waals surface area contributed by atoms with Gasteiger partial charge in [0.2, 0.25) is 0 Å². The lowest BCUT2D eigenvalue weighted by Gasteiger charge is -2.18. The summed E-state index contributed by atoms with van der Waals surface area (Å²) in [7, 11) is 0. The number of unbranched alkanes of at least 4 members (excludes halogenated alkanes) is 21. The number of carbonyl (C=O) groups is 3. The van der Waals surface area contributed by atoms with Crippen LogP contribution in [0.5, 0.6) is 0 Å². The van der Waals surface area contributed by atoms with Crippen molar-refractivity contribution in [2.24, 2.45) is 0 Å². The maximum Gasteiger partial charge on any atom is 0.306 e. The summed E-state index contributed by atoms with van der Waals surface area (Å²) in [5, 5.41) is 0. The van der Waals surface area contributed by atoms with E-state index < -0.39 is 6.10 Å². The molecular formula is C58H96O6. The molecule has 0 saturated carbocycles. The van der Waals surface area contributed by atoms with E-state index in [-0.39, 0.29) is 37.5 Å². The third kappa shape index (κ3) is 49.3. The summed E-state index contributed by atoms with van der Waals surface area (Å²) in [6.07, 6.45) is 68.3. The van der Waals surface area contributed by atoms with Gasteiger partial charge >= 0.3 is 17.9 Å². The van der Waals surface area contributed by atoms with Crippen LogP contribution in [0.2, 0.25) is 0 Å². The molecule has 0 aromatic rings. The predicted octanol–water partition coefficient (Wildman–Crippen LogP) is 17.4. The molecule has 0 bridgehead atoms. The van der Waals surface area contributed by atoms with E-state index in [1.165, 1.54) is 83.5 Å². The Bertz CT molecular complexity index is 1300. The minimum atomic E-state index is -0.807. The first kappa shape index (κ1) is 60.3. The van der Waals surface area contributed by atoms with Crippen LogP contribution in [0.25, 0.3) is 0 Å². The van der Waals surface area contributed by atoms with E-state index in [4.69, 9.17) is 14.2 Å². The van der Waals surface area contributed by atoms with Gasteiger partial charge in [0.05, 0.1) is 0 Å². The quantitative estimate of drug-likeness (QED) is 0.0199. The van der Waals surface area contributed by atoms with Gasteiger partial charge in [-0.25, -0.2) is 0 Å². The molecule has 0 aromatic heterocycles. The van der Waals surface area contributed by atoms with E-state index in [0.717, 1.165) is 103 Å². The Balaban J connectivity index is 4.49. The second-order valence-electron chi connectivity index (χ2n) is 17.1. The molecule has 0 aliphatic carbocycles. The smallest absolute Gasteiger partial charge is 0.306 e. The van der Waals surface area contributed by atoms with Crippen LogP contribution in [0.4, 0.5) is 0 Å². The summed E-state index contributed by atoms with van der Waals surface area (Å²) in [6, 6.07) is 0. The molecule has 0 aliphatic heterocycles. The van der Waals surface area contributed by atoms with Gasteiger partial charge in [0.25, 0.3) is 0 Å². The Hall–Kier alpha value is -3.67. The fourth-order valence-corrected chi connectivity index (χ4v) is 7.01. The number of allylic oxidation sites excluding steroid dienone is 16. The molecular weight excluding hydrogens is 793 g/mol. The van der Waals surface area contributed by atoms with Gasteiger partial charge in [-0.15, -0.1) is 0 Å². The van der Waals surface area contributed by atoms with Crippen LogP contribution in [0, 0.1) is 0 Å². The number of esters is 3. The number of ether oxygens (including phenoxy) is 3. The van der Waals surface area contributed by atoms with Gasteiger partial charge in [-0.1, -0.05) is 234 Å². The first-order valence-electron chi connectivity index (χ1n) is 26.3. The molecule has 0 radical (unpaired) electrons. The van der Waals surface area contributed by atoms with Crippen molar-refractivity contribution in [3.63, 3.8) is 0 Å². The van der Waals surface area contributed by atoms with Gasteiger partial charge in [-0.3, -0.25) is 14.4 Å². The number of rotatable bonds is 46. The molecule has 0 aliphatic rings. The third-order valence-electron chi connectivity index (χ3n) is 10.9. The second kappa shape index (κ2) is 52.0. The lowest BCUT2D eigenvalue weighted by atomic mass is 10.0. The lowest BCUT2D eigenvalue weighted by molar-refractivity contribution is -0.167. The molecule has 0 spiro atoms. The molecule has 0 N–H and O–H groups in total. The highest BCUT2D eigenvalue weighted by Gasteiger charge is 2.19. The van der Waals surface area contributed by atoms with Gasteiger partial charge < -0.3 is 14.2 Å². The van der Waals surface area contributed by atoms with E-state index >= 15 is 0 Å². The van der Waals surface area contributed by atoms with Gasteiger partial charge in [0, 0.05) is 19.3 Å². The standard InChI is InChI=1S/C58H96O6/c1-4-7-10-13-16-19-22-25-27-29-31-33-36-39-42-45-48-51-57(60)63-54-55(53-62-56(59)50-47-44-41-38-35-32-24-21-18-15-12-9-6-3)64-58(61)52-49-46-43-40-37-34-30-28-26-23-20-17-14-11-8-5-2/h7,9-10,12,15-16,18-19,21,24-25,27,31,33,39,42,55H,4-6,8,11,13-14,17,20,22-23,26,28-30,32,34-38,40-41,43-54H2,1-3H3/b10-7-,12-9-,18-15-,19-16-,24-21-,27-25-,33-31-,42-39-. The molecule has 1 unspecified atom stereocenters. The molecule has 0 fully saturated rings. The molecule has 0 aromatic carbocycles. The van der Waals surface area contributed by atoms with Crippen LogP contribution >= 0.6 is 0 Å². The highest BCUT2D eigenvalue weighted by atomic mass is 16.6. The Morgan fingerprint density at radius 3 is 1.17 bits per heavy atom. The van der Waals surface area contributed by atoms with Gasteiger partial charge in [-0.05, 0) is 77.0 Å². The topological polar surface area (TPSA) is 78.9 Å². The summed E-state index contributed by atoms with van der Waals surface area (Å²) >= 11 is 0. The van der Waals surface area contributed by atoms with E-state index in [1.807, 2.05) is 0 Å². The van der Waals surface area contributed by atoms with Crippen molar-refractivity contribution in [1.82, 2.24) is 0 Å². The molecule has 6 heteroatoms. The number of hydrogen-bond acceptors (Lipinski definition) is 6. The van der Waals surface area contributed by atoms with Gasteiger partial charge in [0.1, 0.15) is 13.2 Å². The van der Waals surface area contributed by atoms with E-state index in [9.17, 15) is 14.4 Å². The van der Waals surface area contributed by atoms with Crippen molar-refractivity contribution >= 4 is 17.9 Å². The fraction of sp³-hybridized carbons (Fsp3) is 0.672. The monoisotopic (exact) mass is 889 g/mol. The average Bonchev–Trinajstić information content (AvgIpc) is 3.29. The van der Waals surface area contributed by atoms with Crippen LogP contribution in [0.15, 0.2) is 97.2 Å². The van der Waals surface area contributed by atoms with E-state index in [1.54, 1.807) is 0 Å². The number of carbonyl (C=O) groups excluding carboxylic acids is 3. The van der Waals surface area contributed by atoms with Crippen molar-refractivity contribution in [3.05, 3.63) is 97.2 Å². The summed E-state index contributed by atoms with van der Waals surface area (Å²) in [5.41, 5.74) is 0. The Morgan fingerprint density at radius 1 is 0.344 bits per heavy atom. The zero-order chi connectivity index (χ0) is 46.5. The van der Waals surface area contributed by atoms with Crippen molar-refractivity contribution in [2.45, 2.75) is 239 Å². The minimum Gasteiger partial charge on any atom is -0.462 e. The summed E-state index contributed by atoms with van der Waals surface area (Å²) < 4.78 is 16.7. The summed E-state index contributed by atoms with van der Waals surface area (Å²) in [4.78, 5) is 38.0. The fourth-order valence-electron chi connectivity index (χ4n) is 7.01. The highest BCUT2D eigenvalue weighted by molar-refractivity contribution is 5.71. The van der Waals surface area contributed by atoms with Crippen molar-refractivity contribution in [3.8, 4) is 0 Å². The first-order chi connectivity index (χ1) is 31.5. The average molecular weight is 889 g/mol. The third-order valence-corrected chi connectivity index (χ3v) is 10.9. The Labute approximate surface area is 394 Å². The molecule has 0 amide bonds. The zero-order valence-corrected chi connectivity index (χ0v) is 41.5. The highest BCUT2D eigenvalue weighted by Crippen LogP contribution is 2.15. The maximum absolute atomic E-state index is 12.8. The number of hydrogen-bond donors (Lipinski definition) is 0. The van der Waals surface area contributed by atoms with Gasteiger partial charge in [0.15, 0.2) is 6.10 Å². The summed E-state index contributed by atoms with van der Waals surface area (Å²) in [5.74, 6) is -0.984. The molecule has 64 heavy (non-hydrogen) atoms. The molecule has 1 atom stereocenters. The van der Waals surface area contributed by atoms with Crippen molar-refractivity contribution < 1.29 is 28.6 Å². The van der Waals surface area contributed by atoms with Crippen LogP contribution < -0.4 is 0 Å². The van der Waals surface area contributed by atoms with Crippen molar-refractivity contribution in [2.75, 3.05) is 13.2 Å². The molecule has 6 nitrogen and oxygen atoms in total. The van der Waals surface area contributed by atoms with E-state index in [0.29, 0.717) is 19.3 Å². The summed E-state index contributed by atoms with van der Waals surface area (Å²) in [6.45, 7) is 6.33. The molecule has 0 heterocycles. The molecule has 0 rings (SSSR count). The normalized spacial score (nSPS) is 12.9.